The van der Waals surface area contributed by atoms with E-state index in [-0.39, 0.29) is 16.2 Å². The van der Waals surface area contributed by atoms with E-state index in [1.807, 2.05) is 13.8 Å². The number of ketones is 1. The van der Waals surface area contributed by atoms with Gasteiger partial charge in [0.2, 0.25) is 0 Å². The summed E-state index contributed by atoms with van der Waals surface area (Å²) >= 11 is 3.61. The Morgan fingerprint density at radius 2 is 1.69 bits per heavy atom. The van der Waals surface area contributed by atoms with E-state index in [1.165, 1.54) is 0 Å². The summed E-state index contributed by atoms with van der Waals surface area (Å²) in [6.07, 6.45) is 2.17. The fraction of sp³-hybridized carbons (Fsp3) is 0.625. The molecule has 2 rings (SSSR count). The maximum absolute atomic E-state index is 12.3. The van der Waals surface area contributed by atoms with Gasteiger partial charge in [-0.15, -0.1) is 0 Å². The van der Waals surface area contributed by atoms with Crippen molar-refractivity contribution in [1.29, 1.82) is 0 Å². The molecule has 5 heteroatoms. The third kappa shape index (κ3) is 5.23. The first-order chi connectivity index (χ1) is 13.0. The molecule has 1 aromatic carbocycles. The predicted octanol–water partition coefficient (Wildman–Crippen LogP) is 7.32. The molecule has 0 saturated heterocycles. The average molecular weight is 481 g/mol. The van der Waals surface area contributed by atoms with Gasteiger partial charge in [0, 0.05) is 40.1 Å². The van der Waals surface area contributed by atoms with Crippen LogP contribution in [0.2, 0.25) is 18.1 Å². The van der Waals surface area contributed by atoms with Gasteiger partial charge >= 0.3 is 0 Å². The van der Waals surface area contributed by atoms with E-state index < -0.39 is 13.7 Å². The van der Waals surface area contributed by atoms with Crippen molar-refractivity contribution in [2.24, 2.45) is 5.41 Å². The third-order valence-electron chi connectivity index (χ3n) is 6.63. The molecule has 29 heavy (non-hydrogen) atoms. The standard InChI is InChI=1S/C24H38BrNO2Si/c1-17(27)24(7,8)20-14-26(21-13-18(25)11-12-19(20)21)15-23(5,6)16-28-29(9,10)22(2,3)4/h11-14H,15-16H2,1-10H3. The van der Waals surface area contributed by atoms with Crippen molar-refractivity contribution < 1.29 is 9.22 Å². The number of carbonyl (C=O) groups excluding carboxylic acids is 1. The van der Waals surface area contributed by atoms with Gasteiger partial charge in [-0.25, -0.2) is 0 Å². The van der Waals surface area contributed by atoms with Gasteiger partial charge in [-0.2, -0.15) is 0 Å². The van der Waals surface area contributed by atoms with Crippen molar-refractivity contribution in [1.82, 2.24) is 4.57 Å². The third-order valence-corrected chi connectivity index (χ3v) is 11.6. The molecule has 162 valence electrons. The minimum Gasteiger partial charge on any atom is -0.416 e. The molecule has 0 aliphatic heterocycles. The Bertz CT molecular complexity index is 903. The Balaban J connectivity index is 2.41. The maximum atomic E-state index is 12.3. The molecular weight excluding hydrogens is 442 g/mol. The molecule has 0 unspecified atom stereocenters. The molecule has 0 atom stereocenters. The minimum atomic E-state index is -1.80. The van der Waals surface area contributed by atoms with E-state index in [0.29, 0.717) is 0 Å². The van der Waals surface area contributed by atoms with E-state index in [0.717, 1.165) is 34.1 Å². The number of nitrogens with zero attached hydrogens (tertiary/aromatic N) is 1. The molecule has 0 spiro atoms. The molecule has 0 fully saturated rings. The first-order valence-corrected chi connectivity index (χ1v) is 14.1. The Kier molecular flexibility index (Phi) is 6.70. The van der Waals surface area contributed by atoms with Crippen LogP contribution < -0.4 is 0 Å². The molecule has 0 N–H and O–H groups in total. The van der Waals surface area contributed by atoms with Gasteiger partial charge in [0.15, 0.2) is 8.32 Å². The number of benzene rings is 1. The highest BCUT2D eigenvalue weighted by molar-refractivity contribution is 9.10. The summed E-state index contributed by atoms with van der Waals surface area (Å²) in [5.41, 5.74) is 1.71. The first-order valence-electron chi connectivity index (χ1n) is 10.4. The maximum Gasteiger partial charge on any atom is 0.192 e. The second-order valence-corrected chi connectivity index (χ2v) is 17.0. The zero-order valence-corrected chi connectivity index (χ0v) is 22.5. The van der Waals surface area contributed by atoms with Gasteiger partial charge in [-0.3, -0.25) is 4.79 Å². The van der Waals surface area contributed by atoms with E-state index >= 15 is 0 Å². The Morgan fingerprint density at radius 3 is 2.21 bits per heavy atom. The molecule has 3 nitrogen and oxygen atoms in total. The lowest BCUT2D eigenvalue weighted by Crippen LogP contribution is -2.43. The zero-order chi connectivity index (χ0) is 22.4. The SMILES string of the molecule is CC(=O)C(C)(C)c1cn(CC(C)(C)CO[Si](C)(C)C(C)(C)C)c2cc(Br)ccc12. The first kappa shape index (κ1) is 24.4. The summed E-state index contributed by atoms with van der Waals surface area (Å²) in [6.45, 7) is 23.2. The van der Waals surface area contributed by atoms with E-state index in [9.17, 15) is 4.79 Å². The molecule has 0 radical (unpaired) electrons. The summed E-state index contributed by atoms with van der Waals surface area (Å²) in [4.78, 5) is 12.3. The summed E-state index contributed by atoms with van der Waals surface area (Å²) < 4.78 is 9.89. The molecule has 2 aromatic rings. The number of halogens is 1. The predicted molar refractivity (Wildman–Crippen MR) is 130 cm³/mol. The number of hydrogen-bond acceptors (Lipinski definition) is 2. The number of carbonyl (C=O) groups is 1. The van der Waals surface area contributed by atoms with Crippen molar-refractivity contribution in [3.8, 4) is 0 Å². The van der Waals surface area contributed by atoms with Crippen LogP contribution in [0.4, 0.5) is 0 Å². The fourth-order valence-electron chi connectivity index (χ4n) is 3.18. The van der Waals surface area contributed by atoms with Crippen LogP contribution in [-0.2, 0) is 21.2 Å². The smallest absolute Gasteiger partial charge is 0.192 e. The largest absolute Gasteiger partial charge is 0.416 e. The summed E-state index contributed by atoms with van der Waals surface area (Å²) in [5, 5.41) is 1.35. The quantitative estimate of drug-likeness (QED) is 0.389. The van der Waals surface area contributed by atoms with Gasteiger partial charge in [0.1, 0.15) is 5.78 Å². The lowest BCUT2D eigenvalue weighted by atomic mass is 9.81. The molecule has 1 aromatic heterocycles. The molecule has 0 aliphatic rings. The van der Waals surface area contributed by atoms with E-state index in [2.05, 4.69) is 92.6 Å². The Morgan fingerprint density at radius 1 is 1.10 bits per heavy atom. The molecule has 1 heterocycles. The number of hydrogen-bond donors (Lipinski definition) is 0. The summed E-state index contributed by atoms with van der Waals surface area (Å²) in [6, 6.07) is 6.33. The normalized spacial score (nSPS) is 13.9. The average Bonchev–Trinajstić information content (AvgIpc) is 2.90. The van der Waals surface area contributed by atoms with Gasteiger partial charge in [-0.1, -0.05) is 56.6 Å². The lowest BCUT2D eigenvalue weighted by molar-refractivity contribution is -0.121. The van der Waals surface area contributed by atoms with Crippen LogP contribution in [0, 0.1) is 5.41 Å². The van der Waals surface area contributed by atoms with Crippen molar-refractivity contribution in [2.75, 3.05) is 6.61 Å². The van der Waals surface area contributed by atoms with Crippen LogP contribution >= 0.6 is 15.9 Å². The van der Waals surface area contributed by atoms with Crippen LogP contribution in [0.3, 0.4) is 0 Å². The van der Waals surface area contributed by atoms with Crippen molar-refractivity contribution in [3.63, 3.8) is 0 Å². The van der Waals surface area contributed by atoms with Crippen LogP contribution in [0.15, 0.2) is 28.9 Å². The molecule has 0 bridgehead atoms. The number of aromatic nitrogens is 1. The molecule has 0 saturated carbocycles. The van der Waals surface area contributed by atoms with Crippen molar-refractivity contribution >= 4 is 40.9 Å². The lowest BCUT2D eigenvalue weighted by Gasteiger charge is -2.39. The van der Waals surface area contributed by atoms with Crippen molar-refractivity contribution in [3.05, 3.63) is 34.4 Å². The van der Waals surface area contributed by atoms with Crippen molar-refractivity contribution in [2.45, 2.75) is 85.5 Å². The van der Waals surface area contributed by atoms with Crippen LogP contribution in [0.1, 0.15) is 61.0 Å². The highest BCUT2D eigenvalue weighted by Crippen LogP contribution is 2.39. The number of rotatable bonds is 7. The zero-order valence-electron chi connectivity index (χ0n) is 19.9. The van der Waals surface area contributed by atoms with Gasteiger partial charge in [0.25, 0.3) is 0 Å². The Labute approximate surface area is 186 Å². The monoisotopic (exact) mass is 479 g/mol. The van der Waals surface area contributed by atoms with Gasteiger partial charge < -0.3 is 8.99 Å². The van der Waals surface area contributed by atoms with E-state index in [4.69, 9.17) is 4.43 Å². The second kappa shape index (κ2) is 7.97. The van der Waals surface area contributed by atoms with Crippen LogP contribution in [0.25, 0.3) is 10.9 Å². The highest BCUT2D eigenvalue weighted by Gasteiger charge is 2.38. The van der Waals surface area contributed by atoms with E-state index in [1.54, 1.807) is 6.92 Å². The number of Topliss-reactive ketones (excluding diaryl/α,β-unsaturated/α-hetero) is 1. The topological polar surface area (TPSA) is 31.2 Å². The fourth-order valence-corrected chi connectivity index (χ4v) is 4.72. The van der Waals surface area contributed by atoms with Gasteiger partial charge in [-0.05, 0) is 56.6 Å². The second-order valence-electron chi connectivity index (χ2n) is 11.2. The van der Waals surface area contributed by atoms with Gasteiger partial charge in [0.05, 0.1) is 5.41 Å². The molecule has 0 amide bonds. The van der Waals surface area contributed by atoms with Crippen LogP contribution in [-0.4, -0.2) is 25.3 Å². The number of fused-ring (bicyclic) bond motifs is 1. The summed E-state index contributed by atoms with van der Waals surface area (Å²) in [5.74, 6) is 0.181. The van der Waals surface area contributed by atoms with Crippen LogP contribution in [0.5, 0.6) is 0 Å². The highest BCUT2D eigenvalue weighted by atomic mass is 79.9. The minimum absolute atomic E-state index is 0.0264. The summed E-state index contributed by atoms with van der Waals surface area (Å²) in [7, 11) is -1.80. The Hall–Kier alpha value is -0.913. The molecule has 0 aliphatic carbocycles. The molecular formula is C24H38BrNO2Si.